The second-order valence-corrected chi connectivity index (χ2v) is 7.98. The largest absolute Gasteiger partial charge is 0.497 e. The molecule has 0 spiro atoms. The van der Waals surface area contributed by atoms with Crippen LogP contribution in [0.5, 0.6) is 11.5 Å². The van der Waals surface area contributed by atoms with Crippen LogP contribution in [0, 0.1) is 0 Å². The molecule has 33 heavy (non-hydrogen) atoms. The van der Waals surface area contributed by atoms with Gasteiger partial charge in [-0.05, 0) is 36.4 Å². The van der Waals surface area contributed by atoms with Crippen molar-refractivity contribution in [3.8, 4) is 22.8 Å². The van der Waals surface area contributed by atoms with Crippen LogP contribution in [-0.4, -0.2) is 75.7 Å². The summed E-state index contributed by atoms with van der Waals surface area (Å²) < 4.78 is 12.9. The number of ether oxygens (including phenoxy) is 2. The van der Waals surface area contributed by atoms with Crippen LogP contribution >= 0.6 is 0 Å². The summed E-state index contributed by atoms with van der Waals surface area (Å²) in [7, 11) is 3.22. The molecule has 1 aliphatic rings. The number of benzene rings is 1. The molecule has 0 aliphatic carbocycles. The van der Waals surface area contributed by atoms with Crippen LogP contribution in [0.2, 0.25) is 0 Å². The quantitative estimate of drug-likeness (QED) is 0.490. The predicted molar refractivity (Wildman–Crippen MR) is 124 cm³/mol. The highest BCUT2D eigenvalue weighted by Gasteiger charge is 2.24. The van der Waals surface area contributed by atoms with Gasteiger partial charge in [-0.3, -0.25) is 14.8 Å². The molecule has 170 valence electrons. The summed E-state index contributed by atoms with van der Waals surface area (Å²) in [6, 6.07) is 13.3. The molecule has 0 saturated carbocycles. The molecule has 4 heterocycles. The maximum Gasteiger partial charge on any atom is 0.271 e. The predicted octanol–water partition coefficient (Wildman–Crippen LogP) is 2.70. The number of methoxy groups -OCH3 is 2. The Bertz CT molecular complexity index is 1270. The fourth-order valence-electron chi connectivity index (χ4n) is 4.19. The van der Waals surface area contributed by atoms with Crippen LogP contribution in [-0.2, 0) is 6.54 Å². The fourth-order valence-corrected chi connectivity index (χ4v) is 4.19. The van der Waals surface area contributed by atoms with Gasteiger partial charge in [0.05, 0.1) is 31.8 Å². The first-order chi connectivity index (χ1) is 16.2. The highest BCUT2D eigenvalue weighted by molar-refractivity contribution is 5.93. The Kier molecular flexibility index (Phi) is 5.70. The summed E-state index contributed by atoms with van der Waals surface area (Å²) in [4.78, 5) is 21.8. The van der Waals surface area contributed by atoms with E-state index < -0.39 is 0 Å². The van der Waals surface area contributed by atoms with Gasteiger partial charge in [0.25, 0.3) is 5.91 Å². The van der Waals surface area contributed by atoms with Crippen molar-refractivity contribution in [1.29, 1.82) is 0 Å². The van der Waals surface area contributed by atoms with Crippen molar-refractivity contribution in [2.24, 2.45) is 0 Å². The standard InChI is InChI=1S/C24H26N6O3/c1-32-18-6-7-22(33-2)19(13-18)20-14-21(27-26-20)24(31)29-11-9-28(10-12-29)16-17-15-25-23-5-3-4-8-30(17)23/h3-8,13-15H,9-12,16H2,1-2H3,(H,26,27). The van der Waals surface area contributed by atoms with Crippen LogP contribution in [0.25, 0.3) is 16.9 Å². The lowest BCUT2D eigenvalue weighted by atomic mass is 10.1. The van der Waals surface area contributed by atoms with Gasteiger partial charge in [-0.1, -0.05) is 6.07 Å². The molecule has 1 amide bonds. The van der Waals surface area contributed by atoms with E-state index in [4.69, 9.17) is 9.47 Å². The highest BCUT2D eigenvalue weighted by atomic mass is 16.5. The van der Waals surface area contributed by atoms with Crippen molar-refractivity contribution in [2.75, 3.05) is 40.4 Å². The Labute approximate surface area is 191 Å². The monoisotopic (exact) mass is 446 g/mol. The van der Waals surface area contributed by atoms with E-state index in [1.54, 1.807) is 20.3 Å². The van der Waals surface area contributed by atoms with Crippen LogP contribution in [0.15, 0.2) is 54.9 Å². The summed E-state index contributed by atoms with van der Waals surface area (Å²) in [5, 5.41) is 7.25. The Morgan fingerprint density at radius 2 is 1.91 bits per heavy atom. The Morgan fingerprint density at radius 3 is 2.70 bits per heavy atom. The third kappa shape index (κ3) is 4.14. The van der Waals surface area contributed by atoms with Crippen molar-refractivity contribution in [2.45, 2.75) is 6.54 Å². The zero-order valence-corrected chi connectivity index (χ0v) is 18.7. The third-order valence-electron chi connectivity index (χ3n) is 6.03. The van der Waals surface area contributed by atoms with Gasteiger partial charge in [0.2, 0.25) is 0 Å². The maximum absolute atomic E-state index is 13.1. The van der Waals surface area contributed by atoms with E-state index in [9.17, 15) is 4.79 Å². The summed E-state index contributed by atoms with van der Waals surface area (Å²) in [6.45, 7) is 3.73. The summed E-state index contributed by atoms with van der Waals surface area (Å²) in [6.07, 6.45) is 3.95. The first-order valence-corrected chi connectivity index (χ1v) is 10.9. The van der Waals surface area contributed by atoms with E-state index in [0.29, 0.717) is 36.0 Å². The normalized spacial score (nSPS) is 14.5. The van der Waals surface area contributed by atoms with E-state index in [-0.39, 0.29) is 5.91 Å². The lowest BCUT2D eigenvalue weighted by Crippen LogP contribution is -2.48. The number of hydrogen-bond acceptors (Lipinski definition) is 6. The molecule has 3 aromatic heterocycles. The number of rotatable bonds is 6. The molecule has 1 fully saturated rings. The van der Waals surface area contributed by atoms with Crippen molar-refractivity contribution < 1.29 is 14.3 Å². The number of pyridine rings is 1. The molecule has 1 N–H and O–H groups in total. The van der Waals surface area contributed by atoms with Gasteiger partial charge >= 0.3 is 0 Å². The first-order valence-electron chi connectivity index (χ1n) is 10.9. The molecule has 1 aliphatic heterocycles. The van der Waals surface area contributed by atoms with E-state index >= 15 is 0 Å². The van der Waals surface area contributed by atoms with Crippen molar-refractivity contribution >= 4 is 11.6 Å². The van der Waals surface area contributed by atoms with Crippen molar-refractivity contribution in [1.82, 2.24) is 29.4 Å². The van der Waals surface area contributed by atoms with Crippen molar-refractivity contribution in [3.05, 3.63) is 66.2 Å². The van der Waals surface area contributed by atoms with Crippen LogP contribution in [0.3, 0.4) is 0 Å². The lowest BCUT2D eigenvalue weighted by molar-refractivity contribution is 0.0621. The molecular weight excluding hydrogens is 420 g/mol. The number of fused-ring (bicyclic) bond motifs is 1. The van der Waals surface area contributed by atoms with Crippen LogP contribution < -0.4 is 9.47 Å². The second-order valence-electron chi connectivity index (χ2n) is 7.98. The number of nitrogens with one attached hydrogen (secondary N) is 1. The fraction of sp³-hybridized carbons (Fsp3) is 0.292. The summed E-state index contributed by atoms with van der Waals surface area (Å²) in [5.74, 6) is 1.32. The zero-order chi connectivity index (χ0) is 22.8. The minimum atomic E-state index is -0.0509. The molecule has 0 radical (unpaired) electrons. The molecule has 1 saturated heterocycles. The number of nitrogens with zero attached hydrogens (tertiary/aromatic N) is 5. The lowest BCUT2D eigenvalue weighted by Gasteiger charge is -2.34. The van der Waals surface area contributed by atoms with Gasteiger partial charge in [0.15, 0.2) is 0 Å². The van der Waals surface area contributed by atoms with Crippen LogP contribution in [0.1, 0.15) is 16.2 Å². The minimum Gasteiger partial charge on any atom is -0.497 e. The number of amides is 1. The summed E-state index contributed by atoms with van der Waals surface area (Å²) in [5.41, 5.74) is 3.97. The topological polar surface area (TPSA) is 88.0 Å². The average molecular weight is 447 g/mol. The number of piperazine rings is 1. The number of aromatic nitrogens is 4. The van der Waals surface area contributed by atoms with E-state index in [1.165, 1.54) is 0 Å². The van der Waals surface area contributed by atoms with Gasteiger partial charge in [0, 0.05) is 44.5 Å². The van der Waals surface area contributed by atoms with Gasteiger partial charge < -0.3 is 18.8 Å². The molecular formula is C24H26N6O3. The molecule has 9 heteroatoms. The Morgan fingerprint density at radius 1 is 1.06 bits per heavy atom. The third-order valence-corrected chi connectivity index (χ3v) is 6.03. The zero-order valence-electron chi connectivity index (χ0n) is 18.7. The number of imidazole rings is 1. The van der Waals surface area contributed by atoms with E-state index in [0.717, 1.165) is 36.5 Å². The molecule has 0 atom stereocenters. The number of aromatic amines is 1. The van der Waals surface area contributed by atoms with Gasteiger partial charge in [0.1, 0.15) is 22.8 Å². The maximum atomic E-state index is 13.1. The number of hydrogen-bond donors (Lipinski definition) is 1. The van der Waals surface area contributed by atoms with Gasteiger partial charge in [-0.25, -0.2) is 4.98 Å². The number of H-pyrrole nitrogens is 1. The van der Waals surface area contributed by atoms with Crippen LogP contribution in [0.4, 0.5) is 0 Å². The first kappa shape index (κ1) is 21.0. The highest BCUT2D eigenvalue weighted by Crippen LogP contribution is 2.32. The average Bonchev–Trinajstić information content (AvgIpc) is 3.52. The molecule has 9 nitrogen and oxygen atoms in total. The van der Waals surface area contributed by atoms with E-state index in [1.807, 2.05) is 53.7 Å². The molecule has 1 aromatic carbocycles. The number of carbonyl (C=O) groups excluding carboxylic acids is 1. The molecule has 5 rings (SSSR count). The molecule has 0 bridgehead atoms. The SMILES string of the molecule is COc1ccc(OC)c(-c2cc(C(=O)N3CCN(Cc4cnc5ccccn45)CC3)[nH]n2)c1. The Balaban J connectivity index is 1.24. The van der Waals surface area contributed by atoms with E-state index in [2.05, 4.69) is 24.5 Å². The van der Waals surface area contributed by atoms with Crippen molar-refractivity contribution in [3.63, 3.8) is 0 Å². The Hall–Kier alpha value is -3.85. The van der Waals surface area contributed by atoms with Gasteiger partial charge in [-0.2, -0.15) is 5.10 Å². The second kappa shape index (κ2) is 8.95. The smallest absolute Gasteiger partial charge is 0.271 e. The minimum absolute atomic E-state index is 0.0509. The summed E-state index contributed by atoms with van der Waals surface area (Å²) >= 11 is 0. The molecule has 4 aromatic rings. The number of carbonyl (C=O) groups is 1. The van der Waals surface area contributed by atoms with Gasteiger partial charge in [-0.15, -0.1) is 0 Å². The molecule has 0 unspecified atom stereocenters.